The molecule has 0 saturated heterocycles. The van der Waals surface area contributed by atoms with Gasteiger partial charge < -0.3 is 4.74 Å². The van der Waals surface area contributed by atoms with E-state index < -0.39 is 0 Å². The average molecular weight is 344 g/mol. The third-order valence-electron chi connectivity index (χ3n) is 3.56. The van der Waals surface area contributed by atoms with Gasteiger partial charge in [-0.1, -0.05) is 41.9 Å². The summed E-state index contributed by atoms with van der Waals surface area (Å²) in [6.45, 7) is 0.562. The fourth-order valence-corrected chi connectivity index (χ4v) is 3.14. The Hall–Kier alpha value is -0.890. The van der Waals surface area contributed by atoms with E-state index in [4.69, 9.17) is 39.5 Å². The quantitative estimate of drug-likeness (QED) is 0.601. The molecular formula is C17H17Cl3O. The highest BCUT2D eigenvalue weighted by molar-refractivity contribution is 6.30. The second-order valence-electron chi connectivity index (χ2n) is 4.97. The Balaban J connectivity index is 2.06. The molecule has 0 radical (unpaired) electrons. The maximum absolute atomic E-state index is 6.21. The van der Waals surface area contributed by atoms with Crippen molar-refractivity contribution >= 4 is 34.8 Å². The average Bonchev–Trinajstić information content (AvgIpc) is 2.54. The topological polar surface area (TPSA) is 9.23 Å². The predicted octanol–water partition coefficient (Wildman–Crippen LogP) is 5.52. The van der Waals surface area contributed by atoms with Gasteiger partial charge in [-0.25, -0.2) is 0 Å². The van der Waals surface area contributed by atoms with Gasteiger partial charge in [0.2, 0.25) is 0 Å². The highest BCUT2D eigenvalue weighted by Gasteiger charge is 2.30. The van der Waals surface area contributed by atoms with Crippen LogP contribution in [0.1, 0.15) is 12.0 Å². The minimum Gasteiger partial charge on any atom is -0.494 e. The van der Waals surface area contributed by atoms with E-state index >= 15 is 0 Å². The molecule has 0 aromatic heterocycles. The van der Waals surface area contributed by atoms with E-state index in [0.717, 1.165) is 17.7 Å². The van der Waals surface area contributed by atoms with Crippen molar-refractivity contribution in [2.45, 2.75) is 11.8 Å². The molecule has 21 heavy (non-hydrogen) atoms. The van der Waals surface area contributed by atoms with E-state index in [-0.39, 0.29) is 5.41 Å². The Bertz CT molecular complexity index is 536. The molecule has 0 amide bonds. The Morgan fingerprint density at radius 2 is 1.48 bits per heavy atom. The van der Waals surface area contributed by atoms with Crippen LogP contribution in [-0.4, -0.2) is 18.4 Å². The third kappa shape index (κ3) is 4.29. The third-order valence-corrected chi connectivity index (χ3v) is 4.84. The second-order valence-corrected chi connectivity index (χ2v) is 5.94. The van der Waals surface area contributed by atoms with Gasteiger partial charge in [-0.3, -0.25) is 0 Å². The number of benzene rings is 2. The van der Waals surface area contributed by atoms with E-state index in [2.05, 4.69) is 0 Å². The molecule has 0 aliphatic rings. The van der Waals surface area contributed by atoms with Crippen LogP contribution in [0.15, 0.2) is 54.6 Å². The maximum Gasteiger partial charge on any atom is 0.119 e. The number of alkyl halides is 2. The van der Waals surface area contributed by atoms with Crippen LogP contribution >= 0.6 is 34.8 Å². The monoisotopic (exact) mass is 342 g/mol. The van der Waals surface area contributed by atoms with Gasteiger partial charge in [0.25, 0.3) is 0 Å². The molecule has 0 fully saturated rings. The molecule has 1 nitrogen and oxygen atoms in total. The number of para-hydroxylation sites is 1. The molecule has 112 valence electrons. The van der Waals surface area contributed by atoms with Gasteiger partial charge in [-0.15, -0.1) is 23.2 Å². The molecular weight excluding hydrogens is 327 g/mol. The van der Waals surface area contributed by atoms with Crippen molar-refractivity contribution in [3.63, 3.8) is 0 Å². The highest BCUT2D eigenvalue weighted by Crippen LogP contribution is 2.32. The van der Waals surface area contributed by atoms with Gasteiger partial charge in [0, 0.05) is 22.2 Å². The largest absolute Gasteiger partial charge is 0.494 e. The Morgan fingerprint density at radius 3 is 2.05 bits per heavy atom. The van der Waals surface area contributed by atoms with Crippen LogP contribution in [0.3, 0.4) is 0 Å². The Labute approximate surface area is 140 Å². The Kier molecular flexibility index (Phi) is 6.22. The zero-order valence-electron chi connectivity index (χ0n) is 11.6. The van der Waals surface area contributed by atoms with Crippen LogP contribution in [0.5, 0.6) is 5.75 Å². The normalized spacial score (nSPS) is 11.4. The van der Waals surface area contributed by atoms with Gasteiger partial charge in [0.1, 0.15) is 5.75 Å². The molecule has 0 atom stereocenters. The first-order valence-corrected chi connectivity index (χ1v) is 8.21. The molecule has 0 spiro atoms. The minimum atomic E-state index is -0.303. The summed E-state index contributed by atoms with van der Waals surface area (Å²) in [5.41, 5.74) is 0.788. The van der Waals surface area contributed by atoms with E-state index in [0.29, 0.717) is 23.4 Å². The van der Waals surface area contributed by atoms with Gasteiger partial charge in [-0.2, -0.15) is 0 Å². The van der Waals surface area contributed by atoms with E-state index in [9.17, 15) is 0 Å². The first-order valence-electron chi connectivity index (χ1n) is 6.76. The van der Waals surface area contributed by atoms with Crippen molar-refractivity contribution in [3.8, 4) is 5.75 Å². The molecule has 0 aliphatic heterocycles. The number of ether oxygens (including phenoxy) is 1. The number of halogens is 3. The molecule has 2 rings (SSSR count). The predicted molar refractivity (Wildman–Crippen MR) is 91.1 cm³/mol. The smallest absolute Gasteiger partial charge is 0.119 e. The van der Waals surface area contributed by atoms with Gasteiger partial charge in [0.05, 0.1) is 6.61 Å². The van der Waals surface area contributed by atoms with Crippen molar-refractivity contribution in [1.29, 1.82) is 0 Å². The van der Waals surface area contributed by atoms with Crippen LogP contribution in [0.4, 0.5) is 0 Å². The molecule has 0 bridgehead atoms. The van der Waals surface area contributed by atoms with Gasteiger partial charge in [-0.05, 0) is 36.2 Å². The fraction of sp³-hybridized carbons (Fsp3) is 0.294. The van der Waals surface area contributed by atoms with Crippen molar-refractivity contribution in [2.24, 2.45) is 0 Å². The summed E-state index contributed by atoms with van der Waals surface area (Å²) in [6, 6.07) is 17.4. The van der Waals surface area contributed by atoms with Crippen LogP contribution < -0.4 is 4.74 Å². The minimum absolute atomic E-state index is 0.303. The summed E-state index contributed by atoms with van der Waals surface area (Å²) in [5, 5.41) is 0.706. The first-order chi connectivity index (χ1) is 10.2. The summed E-state index contributed by atoms with van der Waals surface area (Å²) < 4.78 is 5.77. The van der Waals surface area contributed by atoms with Crippen LogP contribution in [-0.2, 0) is 5.41 Å². The molecule has 2 aromatic carbocycles. The zero-order chi connectivity index (χ0) is 15.1. The summed E-state index contributed by atoms with van der Waals surface area (Å²) in [6.07, 6.45) is 0.747. The lowest BCUT2D eigenvalue weighted by Gasteiger charge is -2.30. The zero-order valence-corrected chi connectivity index (χ0v) is 13.8. The molecule has 0 heterocycles. The van der Waals surface area contributed by atoms with Crippen LogP contribution in [0.2, 0.25) is 5.02 Å². The van der Waals surface area contributed by atoms with Crippen molar-refractivity contribution in [1.82, 2.24) is 0 Å². The molecule has 0 saturated carbocycles. The number of rotatable bonds is 7. The first kappa shape index (κ1) is 16.5. The number of hydrogen-bond donors (Lipinski definition) is 0. The number of hydrogen-bond acceptors (Lipinski definition) is 1. The lowest BCUT2D eigenvalue weighted by molar-refractivity contribution is 0.275. The van der Waals surface area contributed by atoms with E-state index in [1.165, 1.54) is 0 Å². The van der Waals surface area contributed by atoms with E-state index in [1.54, 1.807) is 0 Å². The van der Waals surface area contributed by atoms with E-state index in [1.807, 2.05) is 54.6 Å². The molecule has 0 N–H and O–H groups in total. The standard InChI is InChI=1S/C17H17Cl3O/c18-12-17(13-19,14-6-8-15(20)9-7-14)10-11-21-16-4-2-1-3-5-16/h1-9H,10-13H2. The Morgan fingerprint density at radius 1 is 0.857 bits per heavy atom. The fourth-order valence-electron chi connectivity index (χ4n) is 2.15. The van der Waals surface area contributed by atoms with Crippen molar-refractivity contribution in [2.75, 3.05) is 18.4 Å². The highest BCUT2D eigenvalue weighted by atomic mass is 35.5. The molecule has 4 heteroatoms. The summed E-state index contributed by atoms with van der Waals surface area (Å²) in [7, 11) is 0. The lowest BCUT2D eigenvalue weighted by atomic mass is 9.81. The van der Waals surface area contributed by atoms with Crippen molar-refractivity contribution < 1.29 is 4.74 Å². The second kappa shape index (κ2) is 7.93. The van der Waals surface area contributed by atoms with Crippen LogP contribution in [0, 0.1) is 0 Å². The lowest BCUT2D eigenvalue weighted by Crippen LogP contribution is -2.32. The summed E-state index contributed by atoms with van der Waals surface area (Å²) in [5.74, 6) is 1.73. The van der Waals surface area contributed by atoms with Crippen LogP contribution in [0.25, 0.3) is 0 Å². The van der Waals surface area contributed by atoms with Crippen molar-refractivity contribution in [3.05, 3.63) is 65.2 Å². The SMILES string of the molecule is ClCC(CCl)(CCOc1ccccc1)c1ccc(Cl)cc1. The van der Waals surface area contributed by atoms with Gasteiger partial charge in [0.15, 0.2) is 0 Å². The molecule has 0 unspecified atom stereocenters. The molecule has 0 aliphatic carbocycles. The maximum atomic E-state index is 6.21. The molecule has 2 aromatic rings. The van der Waals surface area contributed by atoms with Gasteiger partial charge >= 0.3 is 0 Å². The summed E-state index contributed by atoms with van der Waals surface area (Å²) in [4.78, 5) is 0. The summed E-state index contributed by atoms with van der Waals surface area (Å²) >= 11 is 18.4.